The van der Waals surface area contributed by atoms with Crippen LogP contribution >= 0.6 is 67.8 Å². The smallest absolute Gasteiger partial charge is 0.407 e. The van der Waals surface area contributed by atoms with Crippen molar-refractivity contribution in [3.63, 3.8) is 0 Å². The largest absolute Gasteiger partial charge is 0.426 e. The van der Waals surface area contributed by atoms with E-state index in [1.54, 1.807) is 16.9 Å². The molecule has 2 aromatic carbocycles. The van der Waals surface area contributed by atoms with E-state index in [9.17, 15) is 17.6 Å². The van der Waals surface area contributed by atoms with Crippen molar-refractivity contribution in [3.05, 3.63) is 52.9 Å². The van der Waals surface area contributed by atoms with Crippen LogP contribution in [0.5, 0.6) is 5.75 Å². The maximum Gasteiger partial charge on any atom is 0.426 e. The molecule has 23 heavy (non-hydrogen) atoms. The normalized spacial score (nSPS) is 11.1. The van der Waals surface area contributed by atoms with E-state index in [-0.39, 0.29) is 10.6 Å². The van der Waals surface area contributed by atoms with Crippen LogP contribution in [0.4, 0.5) is 9.18 Å². The highest BCUT2D eigenvalue weighted by Gasteiger charge is 2.20. The summed E-state index contributed by atoms with van der Waals surface area (Å²) in [4.78, 5) is 11.6. The molecular formula is C13H7FI3NO4S. The Balaban J connectivity index is 2.18. The van der Waals surface area contributed by atoms with Crippen molar-refractivity contribution in [2.24, 2.45) is 0 Å². The van der Waals surface area contributed by atoms with Gasteiger partial charge in [-0.1, -0.05) is 0 Å². The van der Waals surface area contributed by atoms with Crippen LogP contribution in [0.2, 0.25) is 0 Å². The maximum atomic E-state index is 12.8. The zero-order chi connectivity index (χ0) is 17.2. The fourth-order valence-electron chi connectivity index (χ4n) is 1.52. The van der Waals surface area contributed by atoms with Gasteiger partial charge in [-0.05, 0) is 104 Å². The van der Waals surface area contributed by atoms with Gasteiger partial charge in [0.15, 0.2) is 5.75 Å². The van der Waals surface area contributed by atoms with Crippen LogP contribution in [0.3, 0.4) is 0 Å². The van der Waals surface area contributed by atoms with Gasteiger partial charge in [-0.2, -0.15) is 0 Å². The molecule has 0 atom stereocenters. The average molecular weight is 673 g/mol. The number of carbonyl (C=O) groups is 1. The van der Waals surface area contributed by atoms with E-state index < -0.39 is 21.9 Å². The number of benzene rings is 2. The number of carbonyl (C=O) groups excluding carboxylic acids is 1. The zero-order valence-electron chi connectivity index (χ0n) is 11.0. The summed E-state index contributed by atoms with van der Waals surface area (Å²) in [5, 5.41) is 0. The van der Waals surface area contributed by atoms with Gasteiger partial charge in [-0.3, -0.25) is 0 Å². The Labute approximate surface area is 172 Å². The minimum Gasteiger partial charge on any atom is -0.407 e. The van der Waals surface area contributed by atoms with Gasteiger partial charge < -0.3 is 4.74 Å². The Kier molecular flexibility index (Phi) is 6.46. The van der Waals surface area contributed by atoms with Crippen LogP contribution in [0.1, 0.15) is 0 Å². The molecule has 1 amide bonds. The van der Waals surface area contributed by atoms with E-state index in [0.29, 0.717) is 7.14 Å². The van der Waals surface area contributed by atoms with Gasteiger partial charge in [0.25, 0.3) is 10.0 Å². The maximum absolute atomic E-state index is 12.8. The van der Waals surface area contributed by atoms with Crippen molar-refractivity contribution in [3.8, 4) is 5.75 Å². The molecule has 1 N–H and O–H groups in total. The Morgan fingerprint density at radius 2 is 1.57 bits per heavy atom. The topological polar surface area (TPSA) is 72.5 Å². The van der Waals surface area contributed by atoms with E-state index in [1.165, 1.54) is 0 Å². The second-order valence-corrected chi connectivity index (χ2v) is 9.40. The van der Waals surface area contributed by atoms with Crippen LogP contribution < -0.4 is 9.46 Å². The number of hydrogen-bond acceptors (Lipinski definition) is 4. The second-order valence-electron chi connectivity index (χ2n) is 4.15. The lowest BCUT2D eigenvalue weighted by molar-refractivity contribution is 0.206. The molecule has 2 aromatic rings. The standard InChI is InChI=1S/C13H7FI3NO4S/c14-7-1-3-9(4-2-7)23(20,21)18-13(19)22-12-10(16)5-8(15)6-11(12)17/h1-6H,(H,18,19). The van der Waals surface area contributed by atoms with Crippen LogP contribution in [-0.2, 0) is 10.0 Å². The van der Waals surface area contributed by atoms with Gasteiger partial charge in [-0.25, -0.2) is 22.3 Å². The fraction of sp³-hybridized carbons (Fsp3) is 0. The van der Waals surface area contributed by atoms with Crippen LogP contribution in [-0.4, -0.2) is 14.5 Å². The van der Waals surface area contributed by atoms with Gasteiger partial charge in [0.2, 0.25) is 0 Å². The van der Waals surface area contributed by atoms with Gasteiger partial charge in [-0.15, -0.1) is 0 Å². The molecule has 5 nitrogen and oxygen atoms in total. The minimum absolute atomic E-state index is 0.233. The number of nitrogens with one attached hydrogen (secondary N) is 1. The molecule has 0 heterocycles. The molecule has 0 fully saturated rings. The summed E-state index contributed by atoms with van der Waals surface area (Å²) in [5.41, 5.74) is 0. The Hall–Kier alpha value is -0.220. The van der Waals surface area contributed by atoms with Crippen molar-refractivity contribution >= 4 is 83.9 Å². The van der Waals surface area contributed by atoms with Crippen LogP contribution in [0, 0.1) is 16.5 Å². The van der Waals surface area contributed by atoms with Crippen molar-refractivity contribution < 1.29 is 22.3 Å². The highest BCUT2D eigenvalue weighted by Crippen LogP contribution is 2.29. The third kappa shape index (κ3) is 5.12. The van der Waals surface area contributed by atoms with E-state index in [2.05, 4.69) is 22.6 Å². The summed E-state index contributed by atoms with van der Waals surface area (Å²) in [6, 6.07) is 7.68. The number of ether oxygens (including phenoxy) is 1. The number of amides is 1. The molecule has 2 rings (SSSR count). The predicted molar refractivity (Wildman–Crippen MR) is 107 cm³/mol. The van der Waals surface area contributed by atoms with Gasteiger partial charge in [0, 0.05) is 3.57 Å². The fourth-order valence-corrected chi connectivity index (χ4v) is 6.20. The Morgan fingerprint density at radius 1 is 1.04 bits per heavy atom. The van der Waals surface area contributed by atoms with Crippen molar-refractivity contribution in [2.45, 2.75) is 4.90 Å². The van der Waals surface area contributed by atoms with E-state index >= 15 is 0 Å². The Morgan fingerprint density at radius 3 is 2.09 bits per heavy atom. The molecule has 0 unspecified atom stereocenters. The summed E-state index contributed by atoms with van der Waals surface area (Å²) in [5.74, 6) is -0.298. The highest BCUT2D eigenvalue weighted by atomic mass is 127. The first-order valence-electron chi connectivity index (χ1n) is 5.84. The van der Waals surface area contributed by atoms with Crippen molar-refractivity contribution in [1.82, 2.24) is 4.72 Å². The minimum atomic E-state index is -4.13. The van der Waals surface area contributed by atoms with Crippen molar-refractivity contribution in [2.75, 3.05) is 0 Å². The molecule has 0 radical (unpaired) electrons. The molecule has 10 heteroatoms. The third-order valence-corrected chi connectivity index (χ3v) is 6.05. The highest BCUT2D eigenvalue weighted by molar-refractivity contribution is 14.1. The Bertz CT molecular complexity index is 833. The zero-order valence-corrected chi connectivity index (χ0v) is 18.3. The van der Waals surface area contributed by atoms with Crippen LogP contribution in [0.15, 0.2) is 41.3 Å². The first kappa shape index (κ1) is 19.1. The molecule has 0 spiro atoms. The molecule has 0 aliphatic rings. The van der Waals surface area contributed by atoms with E-state index in [0.717, 1.165) is 27.8 Å². The SMILES string of the molecule is O=C(NS(=O)(=O)c1ccc(F)cc1)Oc1c(I)cc(I)cc1I. The summed E-state index contributed by atoms with van der Waals surface area (Å²) in [6.45, 7) is 0. The monoisotopic (exact) mass is 673 g/mol. The molecular weight excluding hydrogens is 666 g/mol. The van der Waals surface area contributed by atoms with Crippen molar-refractivity contribution in [1.29, 1.82) is 0 Å². The lowest BCUT2D eigenvalue weighted by Crippen LogP contribution is -2.33. The predicted octanol–water partition coefficient (Wildman–Crippen LogP) is 4.12. The number of rotatable bonds is 3. The van der Waals surface area contributed by atoms with Crippen LogP contribution in [0.25, 0.3) is 0 Å². The molecule has 0 saturated carbocycles. The summed E-state index contributed by atoms with van der Waals surface area (Å²) in [6.07, 6.45) is -1.13. The first-order valence-corrected chi connectivity index (χ1v) is 10.6. The summed E-state index contributed by atoms with van der Waals surface area (Å²) in [7, 11) is -4.13. The molecule has 122 valence electrons. The number of halogens is 4. The lowest BCUT2D eigenvalue weighted by atomic mass is 10.3. The summed E-state index contributed by atoms with van der Waals surface area (Å²) >= 11 is 6.11. The lowest BCUT2D eigenvalue weighted by Gasteiger charge is -2.11. The molecule has 0 aliphatic carbocycles. The molecule has 0 saturated heterocycles. The molecule has 0 aliphatic heterocycles. The third-order valence-electron chi connectivity index (χ3n) is 2.50. The first-order chi connectivity index (χ1) is 10.7. The second kappa shape index (κ2) is 7.77. The number of sulfonamides is 1. The quantitative estimate of drug-likeness (QED) is 0.499. The van der Waals surface area contributed by atoms with Gasteiger partial charge >= 0.3 is 6.09 Å². The average Bonchev–Trinajstić information content (AvgIpc) is 2.42. The molecule has 0 bridgehead atoms. The molecule has 0 aromatic heterocycles. The van der Waals surface area contributed by atoms with Gasteiger partial charge in [0.1, 0.15) is 5.82 Å². The van der Waals surface area contributed by atoms with E-state index in [1.807, 2.05) is 45.2 Å². The summed E-state index contributed by atoms with van der Waals surface area (Å²) < 4.78 is 46.1. The number of hydrogen-bond donors (Lipinski definition) is 1. The van der Waals surface area contributed by atoms with Gasteiger partial charge in [0.05, 0.1) is 12.0 Å². The van der Waals surface area contributed by atoms with E-state index in [4.69, 9.17) is 4.74 Å².